The fourth-order valence-electron chi connectivity index (χ4n) is 3.58. The van der Waals surface area contributed by atoms with Gasteiger partial charge in [-0.15, -0.1) is 0 Å². The van der Waals surface area contributed by atoms with Crippen molar-refractivity contribution in [1.29, 1.82) is 0 Å². The first-order valence-corrected chi connectivity index (χ1v) is 13.1. The molecule has 0 unspecified atom stereocenters. The number of hydrogen-bond donors (Lipinski definition) is 0. The molecule has 1 aromatic rings. The maximum atomic E-state index is 12.9. The Labute approximate surface area is 177 Å². The molecule has 0 bridgehead atoms. The van der Waals surface area contributed by atoms with Crippen LogP contribution in [0, 0.1) is 0 Å². The molecular weight excluding hydrogens is 438 g/mol. The highest BCUT2D eigenvalue weighted by molar-refractivity contribution is 7.92. The maximum Gasteiger partial charge on any atom is 0.282 e. The average molecular weight is 464 g/mol. The highest BCUT2D eigenvalue weighted by Gasteiger charge is 2.34. The van der Waals surface area contributed by atoms with E-state index in [1.54, 1.807) is 0 Å². The second kappa shape index (κ2) is 9.30. The van der Waals surface area contributed by atoms with Crippen molar-refractivity contribution >= 4 is 37.6 Å². The number of halogens is 1. The minimum atomic E-state index is -3.78. The van der Waals surface area contributed by atoms with Crippen LogP contribution in [0.3, 0.4) is 0 Å². The second-order valence-corrected chi connectivity index (χ2v) is 11.7. The number of carbonyl (C=O) groups excluding carboxylic acids is 1. The van der Waals surface area contributed by atoms with Gasteiger partial charge in [-0.05, 0) is 37.1 Å². The molecule has 0 radical (unpaired) electrons. The number of sulfone groups is 1. The van der Waals surface area contributed by atoms with E-state index in [1.165, 1.54) is 37.8 Å². The molecule has 162 valence electrons. The van der Waals surface area contributed by atoms with Gasteiger partial charge in [0.25, 0.3) is 10.2 Å². The summed E-state index contributed by atoms with van der Waals surface area (Å²) in [4.78, 5) is 14.0. The molecule has 2 saturated heterocycles. The molecule has 1 aromatic carbocycles. The number of piperazine rings is 1. The summed E-state index contributed by atoms with van der Waals surface area (Å²) in [5, 5.41) is 0.414. The zero-order valence-electron chi connectivity index (χ0n) is 16.2. The molecule has 0 spiro atoms. The number of hydrogen-bond acceptors (Lipinski definition) is 5. The molecule has 0 saturated carbocycles. The predicted octanol–water partition coefficient (Wildman–Crippen LogP) is 1.38. The lowest BCUT2D eigenvalue weighted by molar-refractivity contribution is -0.129. The lowest BCUT2D eigenvalue weighted by Crippen LogP contribution is -2.55. The second-order valence-electron chi connectivity index (χ2n) is 7.31. The van der Waals surface area contributed by atoms with E-state index in [9.17, 15) is 21.6 Å². The number of nitrogens with zero attached hydrogens (tertiary/aromatic N) is 3. The standard InChI is InChI=1S/C18H26ClN3O5S2/c19-16-5-7-17(8-6-16)28(24,25)15-18(23)20-11-13-22(14-12-20)29(26,27)21-9-3-1-2-4-10-21/h5-8H,1-4,9-15H2. The van der Waals surface area contributed by atoms with Gasteiger partial charge in [-0.2, -0.15) is 17.0 Å². The first-order valence-electron chi connectivity index (χ1n) is 9.71. The average Bonchev–Trinajstić information content (AvgIpc) is 2.98. The summed E-state index contributed by atoms with van der Waals surface area (Å²) in [6.07, 6.45) is 3.80. The van der Waals surface area contributed by atoms with Crippen LogP contribution in [0.5, 0.6) is 0 Å². The third-order valence-corrected chi connectivity index (χ3v) is 9.20. The van der Waals surface area contributed by atoms with Crippen LogP contribution in [0.15, 0.2) is 29.2 Å². The summed E-state index contributed by atoms with van der Waals surface area (Å²) in [5.41, 5.74) is 0. The molecule has 11 heteroatoms. The van der Waals surface area contributed by atoms with Crippen molar-refractivity contribution in [2.45, 2.75) is 30.6 Å². The van der Waals surface area contributed by atoms with Crippen molar-refractivity contribution in [3.05, 3.63) is 29.3 Å². The largest absolute Gasteiger partial charge is 0.339 e. The summed E-state index contributed by atoms with van der Waals surface area (Å²) in [7, 11) is -7.32. The Hall–Kier alpha value is -1.20. The fourth-order valence-corrected chi connectivity index (χ4v) is 6.61. The van der Waals surface area contributed by atoms with Crippen LogP contribution in [0.2, 0.25) is 5.02 Å². The number of rotatable bonds is 5. The summed E-state index contributed by atoms with van der Waals surface area (Å²) in [6.45, 7) is 1.77. The van der Waals surface area contributed by atoms with Gasteiger partial charge in [-0.25, -0.2) is 8.42 Å². The Bertz CT molecular complexity index is 919. The maximum absolute atomic E-state index is 12.9. The van der Waals surface area contributed by atoms with Crippen LogP contribution in [0.4, 0.5) is 0 Å². The van der Waals surface area contributed by atoms with Crippen molar-refractivity contribution in [2.24, 2.45) is 0 Å². The summed E-state index contributed by atoms with van der Waals surface area (Å²) in [6, 6.07) is 5.67. The Morgan fingerprint density at radius 2 is 1.31 bits per heavy atom. The van der Waals surface area contributed by atoms with E-state index in [2.05, 4.69) is 0 Å². The molecule has 8 nitrogen and oxygen atoms in total. The smallest absolute Gasteiger partial charge is 0.282 e. The van der Waals surface area contributed by atoms with Gasteiger partial charge < -0.3 is 4.90 Å². The van der Waals surface area contributed by atoms with Gasteiger partial charge >= 0.3 is 0 Å². The molecule has 0 N–H and O–H groups in total. The molecule has 2 aliphatic heterocycles. The van der Waals surface area contributed by atoms with Crippen molar-refractivity contribution in [1.82, 2.24) is 13.5 Å². The van der Waals surface area contributed by atoms with E-state index in [-0.39, 0.29) is 31.1 Å². The topological polar surface area (TPSA) is 95.1 Å². The van der Waals surface area contributed by atoms with E-state index in [0.717, 1.165) is 25.7 Å². The van der Waals surface area contributed by atoms with E-state index < -0.39 is 31.7 Å². The molecule has 2 heterocycles. The highest BCUT2D eigenvalue weighted by Crippen LogP contribution is 2.19. The third kappa shape index (κ3) is 5.49. The summed E-state index contributed by atoms with van der Waals surface area (Å²) < 4.78 is 53.5. The van der Waals surface area contributed by atoms with Crippen molar-refractivity contribution in [3.63, 3.8) is 0 Å². The minimum Gasteiger partial charge on any atom is -0.339 e. The van der Waals surface area contributed by atoms with E-state index in [4.69, 9.17) is 11.6 Å². The van der Waals surface area contributed by atoms with Gasteiger partial charge in [0.15, 0.2) is 9.84 Å². The van der Waals surface area contributed by atoms with E-state index in [1.807, 2.05) is 0 Å². The number of carbonyl (C=O) groups is 1. The number of benzene rings is 1. The first-order chi connectivity index (χ1) is 13.7. The van der Waals surface area contributed by atoms with Crippen molar-refractivity contribution < 1.29 is 21.6 Å². The highest BCUT2D eigenvalue weighted by atomic mass is 35.5. The zero-order chi connectivity index (χ0) is 21.1. The van der Waals surface area contributed by atoms with Crippen molar-refractivity contribution in [2.75, 3.05) is 45.0 Å². The van der Waals surface area contributed by atoms with Crippen LogP contribution in [-0.2, 0) is 24.8 Å². The van der Waals surface area contributed by atoms with Gasteiger partial charge in [-0.3, -0.25) is 4.79 Å². The van der Waals surface area contributed by atoms with Gasteiger partial charge in [0.05, 0.1) is 4.90 Å². The monoisotopic (exact) mass is 463 g/mol. The third-order valence-electron chi connectivity index (χ3n) is 5.30. The molecule has 0 atom stereocenters. The van der Waals surface area contributed by atoms with Crippen LogP contribution in [0.25, 0.3) is 0 Å². The normalized spacial score (nSPS) is 20.4. The summed E-state index contributed by atoms with van der Waals surface area (Å²) >= 11 is 5.78. The van der Waals surface area contributed by atoms with Gasteiger partial charge in [0.1, 0.15) is 5.75 Å². The lowest BCUT2D eigenvalue weighted by atomic mass is 10.2. The molecule has 1 amide bonds. The molecular formula is C18H26ClN3O5S2. The molecule has 2 fully saturated rings. The quantitative estimate of drug-likeness (QED) is 0.657. The van der Waals surface area contributed by atoms with Crippen LogP contribution < -0.4 is 0 Å². The Kier molecular flexibility index (Phi) is 7.21. The predicted molar refractivity (Wildman–Crippen MR) is 111 cm³/mol. The minimum absolute atomic E-state index is 0.0395. The van der Waals surface area contributed by atoms with Crippen LogP contribution in [-0.4, -0.2) is 81.3 Å². The molecule has 0 aliphatic carbocycles. The molecule has 3 rings (SSSR count). The van der Waals surface area contributed by atoms with Gasteiger partial charge in [0.2, 0.25) is 5.91 Å². The van der Waals surface area contributed by atoms with E-state index >= 15 is 0 Å². The van der Waals surface area contributed by atoms with Crippen LogP contribution in [0.1, 0.15) is 25.7 Å². The molecule has 2 aliphatic rings. The Morgan fingerprint density at radius 3 is 1.86 bits per heavy atom. The zero-order valence-corrected chi connectivity index (χ0v) is 18.6. The Balaban J connectivity index is 1.58. The SMILES string of the molecule is O=C(CS(=O)(=O)c1ccc(Cl)cc1)N1CCN(S(=O)(=O)N2CCCCCC2)CC1. The van der Waals surface area contributed by atoms with Gasteiger partial charge in [-0.1, -0.05) is 24.4 Å². The Morgan fingerprint density at radius 1 is 0.793 bits per heavy atom. The molecule has 0 aromatic heterocycles. The first kappa shape index (κ1) is 22.5. The lowest BCUT2D eigenvalue weighted by Gasteiger charge is -2.36. The van der Waals surface area contributed by atoms with E-state index in [0.29, 0.717) is 18.1 Å². The summed E-state index contributed by atoms with van der Waals surface area (Å²) in [5.74, 6) is -1.17. The fraction of sp³-hybridized carbons (Fsp3) is 0.611. The van der Waals surface area contributed by atoms with Crippen LogP contribution >= 0.6 is 11.6 Å². The molecule has 29 heavy (non-hydrogen) atoms. The van der Waals surface area contributed by atoms with Gasteiger partial charge in [0, 0.05) is 44.3 Å². The van der Waals surface area contributed by atoms with Crippen molar-refractivity contribution in [3.8, 4) is 0 Å². The number of amides is 1.